The number of non-ortho nitro benzene ring substituents is 1. The number of aliphatic hydroxyl groups excluding tert-OH is 1. The average Bonchev–Trinajstić information content (AvgIpc) is 3.23. The molecule has 1 aliphatic carbocycles. The van der Waals surface area contributed by atoms with Gasteiger partial charge in [0.05, 0.1) is 18.1 Å². The van der Waals surface area contributed by atoms with E-state index in [0.717, 1.165) is 25.7 Å². The molecule has 2 aromatic rings. The van der Waals surface area contributed by atoms with Crippen LogP contribution in [0.2, 0.25) is 0 Å². The van der Waals surface area contributed by atoms with Crippen LogP contribution in [-0.4, -0.2) is 32.3 Å². The Balaban J connectivity index is 1.67. The van der Waals surface area contributed by atoms with Gasteiger partial charge in [-0.3, -0.25) is 10.1 Å². The van der Waals surface area contributed by atoms with E-state index >= 15 is 0 Å². The zero-order chi connectivity index (χ0) is 16.3. The molecule has 1 fully saturated rings. The van der Waals surface area contributed by atoms with Gasteiger partial charge >= 0.3 is 0 Å². The van der Waals surface area contributed by atoms with E-state index in [4.69, 9.17) is 4.52 Å². The Kier molecular flexibility index (Phi) is 4.35. The van der Waals surface area contributed by atoms with Gasteiger partial charge in [-0.25, -0.2) is 0 Å². The van der Waals surface area contributed by atoms with Crippen LogP contribution in [0.15, 0.2) is 28.8 Å². The van der Waals surface area contributed by atoms with Gasteiger partial charge in [-0.1, -0.05) is 18.0 Å². The number of hydrogen-bond acceptors (Lipinski definition) is 7. The lowest BCUT2D eigenvalue weighted by atomic mass is 9.99. The summed E-state index contributed by atoms with van der Waals surface area (Å²) in [5, 5.41) is 27.4. The standard InChI is InChI=1S/C15H18N4O4/c20-10-15(7-1-2-8-15)16-9-13-17-14(18-23-13)11-3-5-12(6-4-11)19(21)22/h3-6,16,20H,1-2,7-10H2. The molecule has 23 heavy (non-hydrogen) atoms. The van der Waals surface area contributed by atoms with Gasteiger partial charge in [-0.05, 0) is 25.0 Å². The third-order valence-corrected chi connectivity index (χ3v) is 4.28. The fraction of sp³-hybridized carbons (Fsp3) is 0.467. The lowest BCUT2D eigenvalue weighted by Crippen LogP contribution is -2.45. The van der Waals surface area contributed by atoms with Crippen LogP contribution in [0.5, 0.6) is 0 Å². The average molecular weight is 318 g/mol. The molecular formula is C15H18N4O4. The first-order valence-electron chi connectivity index (χ1n) is 7.55. The van der Waals surface area contributed by atoms with Crippen LogP contribution in [0, 0.1) is 10.1 Å². The zero-order valence-electron chi connectivity index (χ0n) is 12.6. The van der Waals surface area contributed by atoms with Crippen molar-refractivity contribution in [2.45, 2.75) is 37.8 Å². The summed E-state index contributed by atoms with van der Waals surface area (Å²) in [7, 11) is 0. The second-order valence-electron chi connectivity index (χ2n) is 5.81. The van der Waals surface area contributed by atoms with E-state index in [2.05, 4.69) is 15.5 Å². The van der Waals surface area contributed by atoms with Crippen LogP contribution < -0.4 is 5.32 Å². The Morgan fingerprint density at radius 1 is 1.30 bits per heavy atom. The lowest BCUT2D eigenvalue weighted by molar-refractivity contribution is -0.384. The van der Waals surface area contributed by atoms with Crippen LogP contribution in [0.1, 0.15) is 31.6 Å². The van der Waals surface area contributed by atoms with E-state index in [9.17, 15) is 15.2 Å². The molecule has 0 saturated heterocycles. The van der Waals surface area contributed by atoms with Crippen molar-refractivity contribution in [1.29, 1.82) is 0 Å². The van der Waals surface area contributed by atoms with Crippen molar-refractivity contribution in [3.05, 3.63) is 40.3 Å². The maximum atomic E-state index is 10.6. The SMILES string of the molecule is O=[N+]([O-])c1ccc(-c2noc(CNC3(CO)CCCC3)n2)cc1. The first-order chi connectivity index (χ1) is 11.1. The molecule has 0 atom stereocenters. The van der Waals surface area contributed by atoms with Gasteiger partial charge in [-0.15, -0.1) is 0 Å². The van der Waals surface area contributed by atoms with Gasteiger partial charge in [0.25, 0.3) is 5.69 Å². The smallest absolute Gasteiger partial charge is 0.269 e. The van der Waals surface area contributed by atoms with Gasteiger partial charge in [0.1, 0.15) is 0 Å². The molecule has 0 aliphatic heterocycles. The zero-order valence-corrected chi connectivity index (χ0v) is 12.6. The van der Waals surface area contributed by atoms with Gasteiger partial charge in [-0.2, -0.15) is 4.98 Å². The third kappa shape index (κ3) is 3.38. The van der Waals surface area contributed by atoms with Gasteiger partial charge in [0, 0.05) is 23.2 Å². The summed E-state index contributed by atoms with van der Waals surface area (Å²) >= 11 is 0. The first-order valence-corrected chi connectivity index (χ1v) is 7.55. The van der Waals surface area contributed by atoms with E-state index in [1.165, 1.54) is 12.1 Å². The van der Waals surface area contributed by atoms with Crippen LogP contribution >= 0.6 is 0 Å². The Hall–Kier alpha value is -2.32. The highest BCUT2D eigenvalue weighted by atomic mass is 16.6. The van der Waals surface area contributed by atoms with Crippen LogP contribution in [0.25, 0.3) is 11.4 Å². The van der Waals surface area contributed by atoms with Crippen LogP contribution in [-0.2, 0) is 6.54 Å². The molecule has 1 aromatic carbocycles. The summed E-state index contributed by atoms with van der Waals surface area (Å²) in [6, 6.07) is 5.99. The fourth-order valence-corrected chi connectivity index (χ4v) is 2.88. The molecule has 1 heterocycles. The molecule has 122 valence electrons. The molecule has 0 radical (unpaired) electrons. The minimum absolute atomic E-state index is 0.0188. The van der Waals surface area contributed by atoms with Crippen molar-refractivity contribution >= 4 is 5.69 Å². The molecule has 0 amide bonds. The number of rotatable bonds is 6. The second kappa shape index (κ2) is 6.43. The topological polar surface area (TPSA) is 114 Å². The number of hydrogen-bond donors (Lipinski definition) is 2. The molecule has 2 N–H and O–H groups in total. The lowest BCUT2D eigenvalue weighted by Gasteiger charge is -2.27. The van der Waals surface area contributed by atoms with Crippen molar-refractivity contribution in [2.75, 3.05) is 6.61 Å². The van der Waals surface area contributed by atoms with Crippen LogP contribution in [0.4, 0.5) is 5.69 Å². The molecule has 3 rings (SSSR count). The number of nitrogens with zero attached hydrogens (tertiary/aromatic N) is 3. The number of benzene rings is 1. The Labute approximate surface area is 132 Å². The Bertz CT molecular complexity index is 677. The molecule has 0 spiro atoms. The molecule has 1 aromatic heterocycles. The first kappa shape index (κ1) is 15.6. The summed E-state index contributed by atoms with van der Waals surface area (Å²) in [5.41, 5.74) is 0.427. The van der Waals surface area contributed by atoms with Crippen molar-refractivity contribution in [3.8, 4) is 11.4 Å². The van der Waals surface area contributed by atoms with E-state index in [0.29, 0.717) is 23.8 Å². The van der Waals surface area contributed by atoms with E-state index in [-0.39, 0.29) is 17.8 Å². The molecule has 8 heteroatoms. The molecule has 0 bridgehead atoms. The summed E-state index contributed by atoms with van der Waals surface area (Å²) in [4.78, 5) is 14.5. The van der Waals surface area contributed by atoms with Crippen molar-refractivity contribution in [3.63, 3.8) is 0 Å². The predicted molar refractivity (Wildman–Crippen MR) is 81.5 cm³/mol. The van der Waals surface area contributed by atoms with E-state index < -0.39 is 4.92 Å². The van der Waals surface area contributed by atoms with Gasteiger partial charge < -0.3 is 14.9 Å². The summed E-state index contributed by atoms with van der Waals surface area (Å²) in [6.07, 6.45) is 4.08. The van der Waals surface area contributed by atoms with Crippen LogP contribution in [0.3, 0.4) is 0 Å². The summed E-state index contributed by atoms with van der Waals surface area (Å²) < 4.78 is 5.21. The summed E-state index contributed by atoms with van der Waals surface area (Å²) in [6.45, 7) is 0.483. The van der Waals surface area contributed by atoms with Crippen molar-refractivity contribution in [1.82, 2.24) is 15.5 Å². The Morgan fingerprint density at radius 3 is 2.61 bits per heavy atom. The minimum atomic E-state index is -0.453. The molecule has 8 nitrogen and oxygen atoms in total. The second-order valence-corrected chi connectivity index (χ2v) is 5.81. The van der Waals surface area contributed by atoms with Crippen molar-refractivity contribution < 1.29 is 14.6 Å². The number of nitro benzene ring substituents is 1. The maximum Gasteiger partial charge on any atom is 0.269 e. The number of aliphatic hydroxyl groups is 1. The third-order valence-electron chi connectivity index (χ3n) is 4.28. The monoisotopic (exact) mass is 318 g/mol. The van der Waals surface area contributed by atoms with E-state index in [1.807, 2.05) is 0 Å². The quantitative estimate of drug-likeness (QED) is 0.618. The number of nitrogens with one attached hydrogen (secondary N) is 1. The Morgan fingerprint density at radius 2 is 2.00 bits per heavy atom. The van der Waals surface area contributed by atoms with Crippen molar-refractivity contribution in [2.24, 2.45) is 0 Å². The largest absolute Gasteiger partial charge is 0.394 e. The normalized spacial score (nSPS) is 16.6. The highest BCUT2D eigenvalue weighted by molar-refractivity contribution is 5.56. The summed E-state index contributed by atoms with van der Waals surface area (Å²) in [5.74, 6) is 0.819. The predicted octanol–water partition coefficient (Wildman–Crippen LogP) is 2.04. The van der Waals surface area contributed by atoms with Gasteiger partial charge in [0.15, 0.2) is 0 Å². The number of nitro groups is 1. The number of aromatic nitrogens is 2. The molecule has 0 unspecified atom stereocenters. The molecular weight excluding hydrogens is 300 g/mol. The van der Waals surface area contributed by atoms with E-state index in [1.54, 1.807) is 12.1 Å². The fourth-order valence-electron chi connectivity index (χ4n) is 2.88. The minimum Gasteiger partial charge on any atom is -0.394 e. The molecule has 1 aliphatic rings. The highest BCUT2D eigenvalue weighted by Crippen LogP contribution is 2.29. The van der Waals surface area contributed by atoms with Gasteiger partial charge in [0.2, 0.25) is 11.7 Å². The molecule has 1 saturated carbocycles. The maximum absolute atomic E-state index is 10.6. The highest BCUT2D eigenvalue weighted by Gasteiger charge is 2.32.